The van der Waals surface area contributed by atoms with E-state index in [1.54, 1.807) is 20.8 Å². The second-order valence-corrected chi connectivity index (χ2v) is 10.8. The molecule has 182 valence electrons. The Morgan fingerprint density at radius 1 is 1.30 bits per heavy atom. The molecule has 1 spiro atoms. The summed E-state index contributed by atoms with van der Waals surface area (Å²) in [5.41, 5.74) is -1.50. The Hall–Kier alpha value is -1.81. The van der Waals surface area contributed by atoms with Crippen LogP contribution >= 0.6 is 0 Å². The summed E-state index contributed by atoms with van der Waals surface area (Å²) in [7, 11) is 0. The van der Waals surface area contributed by atoms with Crippen molar-refractivity contribution in [1.82, 2.24) is 0 Å². The lowest BCUT2D eigenvalue weighted by Crippen LogP contribution is -2.78. The monoisotopic (exact) mass is 464 g/mol. The number of aliphatic hydroxyl groups excluding tert-OH is 2. The van der Waals surface area contributed by atoms with Crippen LogP contribution in [0.1, 0.15) is 47.0 Å². The van der Waals surface area contributed by atoms with Crippen LogP contribution in [0.25, 0.3) is 0 Å². The van der Waals surface area contributed by atoms with Crippen molar-refractivity contribution in [3.63, 3.8) is 0 Å². The van der Waals surface area contributed by atoms with Crippen LogP contribution in [-0.2, 0) is 28.6 Å². The van der Waals surface area contributed by atoms with Gasteiger partial charge in [0.05, 0.1) is 6.61 Å². The predicted octanol–water partition coefficient (Wildman–Crippen LogP) is 0.488. The molecule has 2 heterocycles. The number of allylic oxidation sites excluding steroid dienone is 1. The van der Waals surface area contributed by atoms with Gasteiger partial charge >= 0.3 is 11.9 Å². The number of carbonyl (C=O) groups excluding carboxylic acids is 3. The van der Waals surface area contributed by atoms with Crippen molar-refractivity contribution >= 4 is 17.7 Å². The van der Waals surface area contributed by atoms with Gasteiger partial charge in [0.25, 0.3) is 0 Å². The molecule has 2 saturated heterocycles. The van der Waals surface area contributed by atoms with Crippen LogP contribution in [0.2, 0.25) is 0 Å². The molecule has 3 aliphatic carbocycles. The summed E-state index contributed by atoms with van der Waals surface area (Å²) in [5.74, 6) is -6.42. The maximum Gasteiger partial charge on any atom is 0.348 e. The Balaban J connectivity index is 1.70. The molecule has 0 aromatic rings. The number of aliphatic hydroxyl groups is 3. The molecule has 3 N–H and O–H groups in total. The van der Waals surface area contributed by atoms with Crippen molar-refractivity contribution in [1.29, 1.82) is 0 Å². The Morgan fingerprint density at radius 3 is 2.67 bits per heavy atom. The highest BCUT2D eigenvalue weighted by molar-refractivity contribution is 5.96. The minimum atomic E-state index is -2.05. The lowest BCUT2D eigenvalue weighted by molar-refractivity contribution is -0.340. The van der Waals surface area contributed by atoms with E-state index in [-0.39, 0.29) is 18.9 Å². The molecule has 5 aliphatic rings. The fourth-order valence-corrected chi connectivity index (χ4v) is 8.14. The van der Waals surface area contributed by atoms with E-state index >= 15 is 0 Å². The van der Waals surface area contributed by atoms with E-state index in [2.05, 4.69) is 0 Å². The zero-order valence-corrected chi connectivity index (χ0v) is 19.3. The number of rotatable bonds is 3. The van der Waals surface area contributed by atoms with Crippen LogP contribution in [0.3, 0.4) is 0 Å². The lowest BCUT2D eigenvalue weighted by atomic mass is 9.38. The topological polar surface area (TPSA) is 140 Å². The highest BCUT2D eigenvalue weighted by Crippen LogP contribution is 2.73. The number of carbonyl (C=O) groups is 3. The molecule has 9 heteroatoms. The zero-order valence-electron chi connectivity index (χ0n) is 19.3. The molecule has 2 bridgehead atoms. The van der Waals surface area contributed by atoms with Crippen LogP contribution in [0.5, 0.6) is 0 Å². The van der Waals surface area contributed by atoms with Crippen LogP contribution in [0.4, 0.5) is 0 Å². The van der Waals surface area contributed by atoms with Crippen LogP contribution in [0, 0.1) is 34.5 Å². The second-order valence-electron chi connectivity index (χ2n) is 10.8. The van der Waals surface area contributed by atoms with Crippen molar-refractivity contribution in [2.75, 3.05) is 6.61 Å². The molecule has 5 rings (SSSR count). The smallest absolute Gasteiger partial charge is 0.348 e. The summed E-state index contributed by atoms with van der Waals surface area (Å²) >= 11 is 0. The third-order valence-corrected chi connectivity index (χ3v) is 9.34. The normalized spacial score (nSPS) is 52.4. The van der Waals surface area contributed by atoms with E-state index in [1.165, 1.54) is 6.08 Å². The van der Waals surface area contributed by atoms with Crippen molar-refractivity contribution < 1.29 is 43.9 Å². The third kappa shape index (κ3) is 2.59. The average molecular weight is 465 g/mol. The quantitative estimate of drug-likeness (QED) is 0.509. The minimum Gasteiger partial charge on any atom is -0.459 e. The highest BCUT2D eigenvalue weighted by atomic mass is 16.7. The van der Waals surface area contributed by atoms with E-state index in [0.717, 1.165) is 5.57 Å². The van der Waals surface area contributed by atoms with Gasteiger partial charge in [-0.15, -0.1) is 0 Å². The molecule has 0 unspecified atom stereocenters. The molecule has 2 aliphatic heterocycles. The van der Waals surface area contributed by atoms with E-state index in [1.807, 2.05) is 6.92 Å². The van der Waals surface area contributed by atoms with Gasteiger partial charge in [0.15, 0.2) is 11.6 Å². The van der Waals surface area contributed by atoms with Gasteiger partial charge in [0.2, 0.25) is 6.10 Å². The van der Waals surface area contributed by atoms with Crippen molar-refractivity contribution in [3.8, 4) is 0 Å². The molecular weight excluding hydrogens is 432 g/mol. The lowest BCUT2D eigenvalue weighted by Gasteiger charge is -2.68. The van der Waals surface area contributed by atoms with Gasteiger partial charge in [-0.2, -0.15) is 0 Å². The Bertz CT molecular complexity index is 944. The molecule has 9 nitrogen and oxygen atoms in total. The van der Waals surface area contributed by atoms with E-state index < -0.39 is 76.5 Å². The van der Waals surface area contributed by atoms with Gasteiger partial charge in [-0.3, -0.25) is 9.59 Å². The first kappa shape index (κ1) is 23.0. The Morgan fingerprint density at radius 2 is 2.00 bits per heavy atom. The second kappa shape index (κ2) is 7.10. The number of esters is 2. The predicted molar refractivity (Wildman–Crippen MR) is 111 cm³/mol. The van der Waals surface area contributed by atoms with Gasteiger partial charge in [-0.05, 0) is 37.7 Å². The zero-order chi connectivity index (χ0) is 24.1. The maximum atomic E-state index is 13.1. The molecule has 0 radical (unpaired) electrons. The van der Waals surface area contributed by atoms with E-state index in [0.29, 0.717) is 12.8 Å². The summed E-state index contributed by atoms with van der Waals surface area (Å²) < 4.78 is 17.4. The molecule has 11 atom stereocenters. The summed E-state index contributed by atoms with van der Waals surface area (Å²) in [6.07, 6.45) is -2.40. The number of hydrogen-bond acceptors (Lipinski definition) is 9. The van der Waals surface area contributed by atoms with Gasteiger partial charge < -0.3 is 29.5 Å². The Labute approximate surface area is 192 Å². The third-order valence-electron chi connectivity index (χ3n) is 9.34. The molecule has 0 amide bonds. The van der Waals surface area contributed by atoms with Gasteiger partial charge in [-0.1, -0.05) is 26.3 Å². The van der Waals surface area contributed by atoms with Crippen LogP contribution < -0.4 is 0 Å². The minimum absolute atomic E-state index is 0.0496. The van der Waals surface area contributed by atoms with Gasteiger partial charge in [0.1, 0.15) is 18.3 Å². The van der Waals surface area contributed by atoms with Gasteiger partial charge in [-0.25, -0.2) is 4.79 Å². The molecular formula is C24H32O9. The van der Waals surface area contributed by atoms with E-state index in [9.17, 15) is 29.7 Å². The molecule has 4 fully saturated rings. The SMILES string of the molecule is CCCC(=O)O[C@H]1C(=O)O[C@@H]2C[C@H]3C(C)=CC(=O)[C@@H](O)[C@]3(C)[C@H]3[C@]4(O)OC[C@]32[C@@H]1[C@@H](C)[C@H]4O. The van der Waals surface area contributed by atoms with Crippen molar-refractivity contribution in [3.05, 3.63) is 11.6 Å². The van der Waals surface area contributed by atoms with Crippen LogP contribution in [0.15, 0.2) is 11.6 Å². The summed E-state index contributed by atoms with van der Waals surface area (Å²) in [6, 6.07) is 0. The Kier molecular flexibility index (Phi) is 4.94. The fraction of sp³-hybridized carbons (Fsp3) is 0.792. The summed E-state index contributed by atoms with van der Waals surface area (Å²) in [5, 5.41) is 34.2. The number of ketones is 1. The van der Waals surface area contributed by atoms with Crippen molar-refractivity contribution in [2.45, 2.75) is 77.2 Å². The van der Waals surface area contributed by atoms with Crippen LogP contribution in [-0.4, -0.2) is 69.9 Å². The molecule has 33 heavy (non-hydrogen) atoms. The number of ether oxygens (including phenoxy) is 3. The fourth-order valence-electron chi connectivity index (χ4n) is 8.14. The number of hydrogen-bond donors (Lipinski definition) is 3. The standard InChI is InChI=1S/C24H32O9/c1-5-6-15(26)33-17-16-11(3)18(27)24(30)21-22(4)12(10(2)7-13(25)19(22)28)8-14(32-20(17)29)23(16,21)9-31-24/h7,11-12,14,16-19,21,27-28,30H,5-6,8-9H2,1-4H3/t11-,12+,14-,16-,17-,18-,19-,21-,22-,23+,24-/m1/s1. The largest absolute Gasteiger partial charge is 0.459 e. The van der Waals surface area contributed by atoms with E-state index in [4.69, 9.17) is 14.2 Å². The average Bonchev–Trinajstić information content (AvgIpc) is 3.04. The number of fused-ring (bicyclic) bond motifs is 1. The first-order valence-corrected chi connectivity index (χ1v) is 11.8. The molecule has 0 aromatic carbocycles. The first-order chi connectivity index (χ1) is 15.4. The van der Waals surface area contributed by atoms with Gasteiger partial charge in [0, 0.05) is 29.1 Å². The first-order valence-electron chi connectivity index (χ1n) is 11.8. The van der Waals surface area contributed by atoms with Crippen molar-refractivity contribution in [2.24, 2.45) is 34.5 Å². The highest BCUT2D eigenvalue weighted by Gasteiger charge is 2.83. The molecule has 0 aromatic heterocycles. The maximum absolute atomic E-state index is 13.1. The molecule has 2 saturated carbocycles. The summed E-state index contributed by atoms with van der Waals surface area (Å²) in [4.78, 5) is 38.3. The summed E-state index contributed by atoms with van der Waals surface area (Å²) in [6.45, 7) is 7.00.